The molecule has 0 aliphatic heterocycles. The Morgan fingerprint density at radius 1 is 1.42 bits per heavy atom. The highest BCUT2D eigenvalue weighted by Gasteiger charge is 1.92. The van der Waals surface area contributed by atoms with Crippen LogP contribution in [-0.2, 0) is 6.42 Å². The maximum atomic E-state index is 4.21. The molecule has 0 saturated heterocycles. The van der Waals surface area contributed by atoms with Crippen molar-refractivity contribution < 1.29 is 0 Å². The first-order valence-corrected chi connectivity index (χ1v) is 4.55. The molecule has 2 nitrogen and oxygen atoms in total. The lowest BCUT2D eigenvalue weighted by molar-refractivity contribution is 0.966. The Kier molecular flexibility index (Phi) is 3.58. The third kappa shape index (κ3) is 2.53. The van der Waals surface area contributed by atoms with Crippen LogP contribution < -0.4 is 5.32 Å². The molecular weight excluding hydrogens is 148 g/mol. The summed E-state index contributed by atoms with van der Waals surface area (Å²) in [6, 6.07) is 4.16. The van der Waals surface area contributed by atoms with E-state index in [0.717, 1.165) is 25.2 Å². The number of nitrogens with one attached hydrogen (secondary N) is 1. The summed E-state index contributed by atoms with van der Waals surface area (Å²) < 4.78 is 0. The van der Waals surface area contributed by atoms with E-state index in [4.69, 9.17) is 0 Å². The van der Waals surface area contributed by atoms with Gasteiger partial charge in [0.2, 0.25) is 0 Å². The molecule has 0 radical (unpaired) electrons. The van der Waals surface area contributed by atoms with E-state index in [1.165, 1.54) is 5.56 Å². The van der Waals surface area contributed by atoms with E-state index < -0.39 is 0 Å². The van der Waals surface area contributed by atoms with Crippen molar-refractivity contribution in [3.8, 4) is 0 Å². The van der Waals surface area contributed by atoms with Crippen LogP contribution >= 0.6 is 0 Å². The largest absolute Gasteiger partial charge is 0.370 e. The van der Waals surface area contributed by atoms with Gasteiger partial charge >= 0.3 is 0 Å². The SMILES string of the molecule is CCCNc1cc(CC)ccn1. The molecule has 0 amide bonds. The number of pyridine rings is 1. The molecule has 1 N–H and O–H groups in total. The quantitative estimate of drug-likeness (QED) is 0.739. The maximum Gasteiger partial charge on any atom is 0.126 e. The fourth-order valence-electron chi connectivity index (χ4n) is 1.04. The van der Waals surface area contributed by atoms with E-state index in [1.807, 2.05) is 6.20 Å². The Balaban J connectivity index is 2.60. The summed E-state index contributed by atoms with van der Waals surface area (Å²) >= 11 is 0. The predicted octanol–water partition coefficient (Wildman–Crippen LogP) is 2.47. The first-order chi connectivity index (χ1) is 5.86. The molecule has 0 fully saturated rings. The first-order valence-electron chi connectivity index (χ1n) is 4.55. The van der Waals surface area contributed by atoms with Gasteiger partial charge in [0.25, 0.3) is 0 Å². The standard InChI is InChI=1S/C10H16N2/c1-3-6-11-10-8-9(4-2)5-7-12-10/h5,7-8H,3-4,6H2,1-2H3,(H,11,12). The molecule has 12 heavy (non-hydrogen) atoms. The zero-order valence-electron chi connectivity index (χ0n) is 7.80. The van der Waals surface area contributed by atoms with Crippen molar-refractivity contribution in [2.75, 3.05) is 11.9 Å². The van der Waals surface area contributed by atoms with Crippen molar-refractivity contribution >= 4 is 5.82 Å². The van der Waals surface area contributed by atoms with Crippen LogP contribution in [0.15, 0.2) is 18.3 Å². The lowest BCUT2D eigenvalue weighted by Gasteiger charge is -2.04. The van der Waals surface area contributed by atoms with Crippen LogP contribution in [0.5, 0.6) is 0 Å². The van der Waals surface area contributed by atoms with E-state index in [9.17, 15) is 0 Å². The van der Waals surface area contributed by atoms with Gasteiger partial charge in [-0.25, -0.2) is 4.98 Å². The number of anilines is 1. The van der Waals surface area contributed by atoms with Crippen LogP contribution in [0.4, 0.5) is 5.82 Å². The van der Waals surface area contributed by atoms with Crippen molar-refractivity contribution in [3.05, 3.63) is 23.9 Å². The van der Waals surface area contributed by atoms with Gasteiger partial charge in [0.1, 0.15) is 5.82 Å². The van der Waals surface area contributed by atoms with Gasteiger partial charge < -0.3 is 5.32 Å². The lowest BCUT2D eigenvalue weighted by Crippen LogP contribution is -2.01. The molecule has 66 valence electrons. The topological polar surface area (TPSA) is 24.9 Å². The number of rotatable bonds is 4. The van der Waals surface area contributed by atoms with Crippen LogP contribution in [0.2, 0.25) is 0 Å². The second kappa shape index (κ2) is 4.75. The Bertz CT molecular complexity index is 233. The number of hydrogen-bond acceptors (Lipinski definition) is 2. The molecule has 0 atom stereocenters. The van der Waals surface area contributed by atoms with Gasteiger partial charge in [-0.05, 0) is 30.5 Å². The minimum atomic E-state index is 0.996. The minimum Gasteiger partial charge on any atom is -0.370 e. The van der Waals surface area contributed by atoms with Crippen LogP contribution in [0.25, 0.3) is 0 Å². The van der Waals surface area contributed by atoms with Crippen molar-refractivity contribution in [2.24, 2.45) is 0 Å². The zero-order valence-corrected chi connectivity index (χ0v) is 7.80. The molecular formula is C10H16N2. The molecule has 2 heteroatoms. The number of aromatic nitrogens is 1. The van der Waals surface area contributed by atoms with Gasteiger partial charge in [-0.15, -0.1) is 0 Å². The highest BCUT2D eigenvalue weighted by atomic mass is 15.0. The summed E-state index contributed by atoms with van der Waals surface area (Å²) in [5, 5.41) is 3.26. The van der Waals surface area contributed by atoms with Gasteiger partial charge in [-0.2, -0.15) is 0 Å². The van der Waals surface area contributed by atoms with Gasteiger partial charge in [0.05, 0.1) is 0 Å². The fourth-order valence-corrected chi connectivity index (χ4v) is 1.04. The number of hydrogen-bond donors (Lipinski definition) is 1. The fraction of sp³-hybridized carbons (Fsp3) is 0.500. The second-order valence-electron chi connectivity index (χ2n) is 2.83. The van der Waals surface area contributed by atoms with E-state index in [-0.39, 0.29) is 0 Å². The predicted molar refractivity (Wildman–Crippen MR) is 52.4 cm³/mol. The van der Waals surface area contributed by atoms with Gasteiger partial charge in [-0.1, -0.05) is 13.8 Å². The monoisotopic (exact) mass is 164 g/mol. The molecule has 0 aromatic carbocycles. The van der Waals surface area contributed by atoms with E-state index >= 15 is 0 Å². The lowest BCUT2D eigenvalue weighted by atomic mass is 10.2. The highest BCUT2D eigenvalue weighted by Crippen LogP contribution is 2.06. The summed E-state index contributed by atoms with van der Waals surface area (Å²) in [4.78, 5) is 4.21. The summed E-state index contributed by atoms with van der Waals surface area (Å²) in [5.41, 5.74) is 1.34. The molecule has 0 saturated carbocycles. The van der Waals surface area contributed by atoms with Crippen LogP contribution in [0.1, 0.15) is 25.8 Å². The number of aryl methyl sites for hydroxylation is 1. The van der Waals surface area contributed by atoms with E-state index in [2.05, 4.69) is 36.3 Å². The molecule has 0 bridgehead atoms. The first kappa shape index (κ1) is 9.04. The van der Waals surface area contributed by atoms with Crippen LogP contribution in [0.3, 0.4) is 0 Å². The third-order valence-electron chi connectivity index (χ3n) is 1.79. The molecule has 1 heterocycles. The average Bonchev–Trinajstić information content (AvgIpc) is 2.15. The van der Waals surface area contributed by atoms with Gasteiger partial charge in [0.15, 0.2) is 0 Å². The molecule has 0 aliphatic rings. The molecule has 1 rings (SSSR count). The smallest absolute Gasteiger partial charge is 0.126 e. The summed E-state index contributed by atoms with van der Waals surface area (Å²) in [7, 11) is 0. The van der Waals surface area contributed by atoms with E-state index in [0.29, 0.717) is 0 Å². The Morgan fingerprint density at radius 3 is 2.92 bits per heavy atom. The number of nitrogens with zero attached hydrogens (tertiary/aromatic N) is 1. The highest BCUT2D eigenvalue weighted by molar-refractivity contribution is 5.37. The Labute approximate surface area is 74.0 Å². The van der Waals surface area contributed by atoms with Gasteiger partial charge in [0, 0.05) is 12.7 Å². The van der Waals surface area contributed by atoms with Crippen molar-refractivity contribution in [2.45, 2.75) is 26.7 Å². The average molecular weight is 164 g/mol. The Morgan fingerprint density at radius 2 is 2.25 bits per heavy atom. The summed E-state index contributed by atoms with van der Waals surface area (Å²) in [6.07, 6.45) is 4.07. The third-order valence-corrected chi connectivity index (χ3v) is 1.79. The second-order valence-corrected chi connectivity index (χ2v) is 2.83. The Hall–Kier alpha value is -1.05. The maximum absolute atomic E-state index is 4.21. The molecule has 1 aromatic rings. The normalized spacial score (nSPS) is 9.83. The molecule has 1 aromatic heterocycles. The zero-order chi connectivity index (χ0) is 8.81. The molecule has 0 spiro atoms. The minimum absolute atomic E-state index is 0.996. The van der Waals surface area contributed by atoms with E-state index in [1.54, 1.807) is 0 Å². The van der Waals surface area contributed by atoms with Gasteiger partial charge in [-0.3, -0.25) is 0 Å². The molecule has 0 aliphatic carbocycles. The van der Waals surface area contributed by atoms with Crippen molar-refractivity contribution in [1.82, 2.24) is 4.98 Å². The molecule has 0 unspecified atom stereocenters. The van der Waals surface area contributed by atoms with Crippen LogP contribution in [-0.4, -0.2) is 11.5 Å². The summed E-state index contributed by atoms with van der Waals surface area (Å²) in [5.74, 6) is 0.996. The van der Waals surface area contributed by atoms with Crippen molar-refractivity contribution in [1.29, 1.82) is 0 Å². The summed E-state index contributed by atoms with van der Waals surface area (Å²) in [6.45, 7) is 5.30. The van der Waals surface area contributed by atoms with Crippen molar-refractivity contribution in [3.63, 3.8) is 0 Å². The van der Waals surface area contributed by atoms with Crippen LogP contribution in [0, 0.1) is 0 Å².